The highest BCUT2D eigenvalue weighted by Crippen LogP contribution is 2.53. The first-order valence-corrected chi connectivity index (χ1v) is 8.24. The van der Waals surface area contributed by atoms with E-state index in [9.17, 15) is 14.9 Å². The minimum absolute atomic E-state index is 0.0439. The highest BCUT2D eigenvalue weighted by Gasteiger charge is 2.57. The van der Waals surface area contributed by atoms with E-state index >= 15 is 0 Å². The summed E-state index contributed by atoms with van der Waals surface area (Å²) in [6, 6.07) is 1.98. The Kier molecular flexibility index (Phi) is 3.23. The van der Waals surface area contributed by atoms with Crippen molar-refractivity contribution < 1.29 is 9.59 Å². The van der Waals surface area contributed by atoms with Gasteiger partial charge >= 0.3 is 0 Å². The molecular weight excluding hydrogens is 302 g/mol. The summed E-state index contributed by atoms with van der Waals surface area (Å²) in [5.41, 5.74) is -0.250. The minimum atomic E-state index is -0.846. The van der Waals surface area contributed by atoms with E-state index in [2.05, 4.69) is 5.10 Å². The van der Waals surface area contributed by atoms with E-state index in [1.807, 2.05) is 52.3 Å². The summed E-state index contributed by atoms with van der Waals surface area (Å²) < 4.78 is 1.89. The molecule has 0 fully saturated rings. The Morgan fingerprint density at radius 1 is 1.25 bits per heavy atom. The second-order valence-electron chi connectivity index (χ2n) is 8.68. The Labute approximate surface area is 142 Å². The minimum Gasteiger partial charge on any atom is -0.293 e. The van der Waals surface area contributed by atoms with Crippen LogP contribution in [0, 0.1) is 28.1 Å². The molecule has 0 saturated heterocycles. The van der Waals surface area contributed by atoms with Crippen molar-refractivity contribution >= 4 is 11.6 Å². The Morgan fingerprint density at radius 3 is 2.42 bits per heavy atom. The van der Waals surface area contributed by atoms with Gasteiger partial charge in [-0.25, -0.2) is 0 Å². The molecule has 1 aromatic rings. The third-order valence-corrected chi connectivity index (χ3v) is 5.63. The summed E-state index contributed by atoms with van der Waals surface area (Å²) in [5.74, 6) is -0.407. The smallest absolute Gasteiger partial charge is 0.178 e. The Hall–Kier alpha value is -2.22. The van der Waals surface area contributed by atoms with Crippen LogP contribution in [-0.2, 0) is 16.8 Å². The van der Waals surface area contributed by atoms with Crippen LogP contribution >= 0.6 is 0 Å². The zero-order chi connectivity index (χ0) is 18.1. The van der Waals surface area contributed by atoms with E-state index in [4.69, 9.17) is 0 Å². The normalized spacial score (nSPS) is 28.7. The average molecular weight is 325 g/mol. The van der Waals surface area contributed by atoms with E-state index in [0.29, 0.717) is 12.0 Å². The van der Waals surface area contributed by atoms with E-state index in [-0.39, 0.29) is 28.6 Å². The lowest BCUT2D eigenvalue weighted by molar-refractivity contribution is -0.128. The number of allylic oxidation sites excluding steroid dienone is 2. The molecule has 1 heterocycles. The second kappa shape index (κ2) is 4.66. The molecule has 3 rings (SSSR count). The third kappa shape index (κ3) is 1.95. The number of carbonyl (C=O) groups is 2. The molecule has 2 aliphatic carbocycles. The van der Waals surface area contributed by atoms with Crippen LogP contribution in [0.25, 0.3) is 0 Å². The van der Waals surface area contributed by atoms with E-state index in [1.165, 1.54) is 0 Å². The van der Waals surface area contributed by atoms with Gasteiger partial charge in [-0.1, -0.05) is 13.8 Å². The van der Waals surface area contributed by atoms with Crippen LogP contribution in [0.5, 0.6) is 0 Å². The lowest BCUT2D eigenvalue weighted by atomic mass is 9.52. The number of carbonyl (C=O) groups excluding carboxylic acids is 2. The molecule has 1 aromatic heterocycles. The predicted octanol–water partition coefficient (Wildman–Crippen LogP) is 3.06. The zero-order valence-corrected chi connectivity index (χ0v) is 15.1. The van der Waals surface area contributed by atoms with Crippen LogP contribution in [0.2, 0.25) is 0 Å². The molecule has 2 aliphatic rings. The number of aromatic nitrogens is 2. The number of hydrogen-bond acceptors (Lipinski definition) is 4. The molecule has 24 heavy (non-hydrogen) atoms. The van der Waals surface area contributed by atoms with Crippen molar-refractivity contribution in [1.82, 2.24) is 9.78 Å². The molecule has 0 radical (unpaired) electrons. The monoisotopic (exact) mass is 325 g/mol. The summed E-state index contributed by atoms with van der Waals surface area (Å²) in [6.07, 6.45) is 3.82. The topological polar surface area (TPSA) is 75.8 Å². The first-order valence-electron chi connectivity index (χ1n) is 8.24. The van der Waals surface area contributed by atoms with Gasteiger partial charge in [-0.15, -0.1) is 0 Å². The number of ketones is 2. The molecule has 0 spiro atoms. The van der Waals surface area contributed by atoms with Crippen molar-refractivity contribution in [2.24, 2.45) is 16.7 Å². The SMILES string of the molecule is CC1(C)C(=O)C(C#N)=CC2(C)C(=O)c3cnn(C(C)(C)C)c3CC12. The summed E-state index contributed by atoms with van der Waals surface area (Å²) in [6.45, 7) is 11.7. The van der Waals surface area contributed by atoms with Crippen molar-refractivity contribution in [2.75, 3.05) is 0 Å². The average Bonchev–Trinajstić information content (AvgIpc) is 2.90. The van der Waals surface area contributed by atoms with Crippen molar-refractivity contribution in [2.45, 2.75) is 53.5 Å². The van der Waals surface area contributed by atoms with Gasteiger partial charge in [0.25, 0.3) is 0 Å². The highest BCUT2D eigenvalue weighted by atomic mass is 16.1. The van der Waals surface area contributed by atoms with Gasteiger partial charge in [0.05, 0.1) is 34.0 Å². The van der Waals surface area contributed by atoms with Gasteiger partial charge in [-0.3, -0.25) is 14.3 Å². The van der Waals surface area contributed by atoms with Gasteiger partial charge < -0.3 is 0 Å². The van der Waals surface area contributed by atoms with Gasteiger partial charge in [0.1, 0.15) is 6.07 Å². The lowest BCUT2D eigenvalue weighted by Gasteiger charge is -2.49. The first kappa shape index (κ1) is 16.6. The summed E-state index contributed by atoms with van der Waals surface area (Å²) >= 11 is 0. The maximum atomic E-state index is 13.3. The Balaban J connectivity index is 2.26. The van der Waals surface area contributed by atoms with Gasteiger partial charge in [0.15, 0.2) is 11.6 Å². The number of hydrogen-bond donors (Lipinski definition) is 0. The Morgan fingerprint density at radius 2 is 1.88 bits per heavy atom. The number of nitriles is 1. The predicted molar refractivity (Wildman–Crippen MR) is 89.3 cm³/mol. The van der Waals surface area contributed by atoms with Crippen LogP contribution < -0.4 is 0 Å². The van der Waals surface area contributed by atoms with Gasteiger partial charge in [-0.2, -0.15) is 10.4 Å². The van der Waals surface area contributed by atoms with Crippen LogP contribution in [0.3, 0.4) is 0 Å². The molecule has 2 atom stereocenters. The molecule has 5 nitrogen and oxygen atoms in total. The number of Topliss-reactive ketones (excluding diaryl/α,β-unsaturated/α-hetero) is 2. The number of rotatable bonds is 0. The quantitative estimate of drug-likeness (QED) is 0.734. The molecule has 5 heteroatoms. The number of fused-ring (bicyclic) bond motifs is 2. The molecule has 0 aromatic carbocycles. The van der Waals surface area contributed by atoms with Gasteiger partial charge in [0, 0.05) is 5.41 Å². The summed E-state index contributed by atoms with van der Waals surface area (Å²) in [5, 5.41) is 13.8. The Bertz CT molecular complexity index is 830. The fraction of sp³-hybridized carbons (Fsp3) is 0.579. The molecule has 2 unspecified atom stereocenters. The van der Waals surface area contributed by atoms with Crippen molar-refractivity contribution in [1.29, 1.82) is 5.26 Å². The fourth-order valence-corrected chi connectivity index (χ4v) is 4.32. The largest absolute Gasteiger partial charge is 0.293 e. The van der Waals surface area contributed by atoms with Crippen LogP contribution in [0.1, 0.15) is 57.6 Å². The van der Waals surface area contributed by atoms with Crippen molar-refractivity contribution in [3.05, 3.63) is 29.1 Å². The van der Waals surface area contributed by atoms with Crippen LogP contribution in [-0.4, -0.2) is 21.3 Å². The third-order valence-electron chi connectivity index (χ3n) is 5.63. The molecule has 0 bridgehead atoms. The number of nitrogens with zero attached hydrogens (tertiary/aromatic N) is 3. The first-order chi connectivity index (χ1) is 10.9. The van der Waals surface area contributed by atoms with E-state index < -0.39 is 10.8 Å². The van der Waals surface area contributed by atoms with Crippen LogP contribution in [0.4, 0.5) is 0 Å². The maximum Gasteiger partial charge on any atom is 0.178 e. The zero-order valence-electron chi connectivity index (χ0n) is 15.1. The fourth-order valence-electron chi connectivity index (χ4n) is 4.32. The second-order valence-corrected chi connectivity index (χ2v) is 8.68. The van der Waals surface area contributed by atoms with Gasteiger partial charge in [-0.05, 0) is 46.1 Å². The van der Waals surface area contributed by atoms with E-state index in [0.717, 1.165) is 5.69 Å². The molecule has 126 valence electrons. The highest BCUT2D eigenvalue weighted by molar-refractivity contribution is 6.10. The van der Waals surface area contributed by atoms with Crippen molar-refractivity contribution in [3.8, 4) is 6.07 Å². The van der Waals surface area contributed by atoms with Crippen molar-refractivity contribution in [3.63, 3.8) is 0 Å². The summed E-state index contributed by atoms with van der Waals surface area (Å²) in [4.78, 5) is 25.9. The molecule has 0 saturated carbocycles. The molecule has 0 aliphatic heterocycles. The van der Waals surface area contributed by atoms with Crippen LogP contribution in [0.15, 0.2) is 17.8 Å². The van der Waals surface area contributed by atoms with Gasteiger partial charge in [0.2, 0.25) is 0 Å². The molecule has 0 N–H and O–H groups in total. The standard InChI is InChI=1S/C19H23N3O2/c1-17(2,3)22-13-7-14-18(4,5)15(23)11(9-20)8-19(14,6)16(24)12(13)10-21-22/h8,10,14H,7H2,1-6H3. The molecular formula is C19H23N3O2. The molecule has 0 amide bonds. The summed E-state index contributed by atoms with van der Waals surface area (Å²) in [7, 11) is 0. The maximum absolute atomic E-state index is 13.3. The lowest BCUT2D eigenvalue weighted by Crippen LogP contribution is -2.53. The van der Waals surface area contributed by atoms with E-state index in [1.54, 1.807) is 12.3 Å².